The number of nitrogens with zero attached hydrogens (tertiary/aromatic N) is 4. The van der Waals surface area contributed by atoms with Crippen molar-refractivity contribution in [3.8, 4) is 11.4 Å². The Morgan fingerprint density at radius 3 is 2.89 bits per heavy atom. The monoisotopic (exact) mass is 243 g/mol. The van der Waals surface area contributed by atoms with E-state index in [4.69, 9.17) is 0 Å². The molecule has 0 saturated carbocycles. The quantitative estimate of drug-likeness (QED) is 0.827. The molecule has 18 heavy (non-hydrogen) atoms. The maximum absolute atomic E-state index is 4.50. The smallest absolute Gasteiger partial charge is 0.165 e. The van der Waals surface area contributed by atoms with Crippen LogP contribution in [-0.4, -0.2) is 26.3 Å². The average molecular weight is 243 g/mol. The van der Waals surface area contributed by atoms with Gasteiger partial charge < -0.3 is 9.88 Å². The van der Waals surface area contributed by atoms with E-state index in [0.29, 0.717) is 0 Å². The molecule has 0 aliphatic carbocycles. The molecule has 3 rings (SSSR count). The predicted molar refractivity (Wildman–Crippen MR) is 69.1 cm³/mol. The zero-order valence-electron chi connectivity index (χ0n) is 10.9. The lowest BCUT2D eigenvalue weighted by Crippen LogP contribution is -2.32. The summed E-state index contributed by atoms with van der Waals surface area (Å²) in [5, 5.41) is 12.0. The first kappa shape index (κ1) is 11.3. The number of hydrogen-bond donors (Lipinski definition) is 1. The third kappa shape index (κ3) is 1.71. The van der Waals surface area contributed by atoms with Crippen LogP contribution in [0, 0.1) is 13.8 Å². The van der Waals surface area contributed by atoms with E-state index in [1.54, 1.807) is 0 Å². The standard InChI is InChI=1S/C13H17N5/c1-8-4-5-11(9(2)15-8)13-17-16-12-10(3)14-6-7-18(12)13/h4-5,10,14H,6-7H2,1-3H3. The zero-order chi connectivity index (χ0) is 12.7. The Balaban J connectivity index is 2.12. The summed E-state index contributed by atoms with van der Waals surface area (Å²) in [6.45, 7) is 8.01. The molecule has 1 unspecified atom stereocenters. The van der Waals surface area contributed by atoms with Crippen LogP contribution < -0.4 is 5.32 Å². The summed E-state index contributed by atoms with van der Waals surface area (Å²) in [5.74, 6) is 1.94. The van der Waals surface area contributed by atoms with Crippen LogP contribution >= 0.6 is 0 Å². The molecular weight excluding hydrogens is 226 g/mol. The maximum Gasteiger partial charge on any atom is 0.165 e. The van der Waals surface area contributed by atoms with Crippen LogP contribution in [0.1, 0.15) is 30.2 Å². The van der Waals surface area contributed by atoms with E-state index in [2.05, 4.69) is 38.1 Å². The van der Waals surface area contributed by atoms with Crippen LogP contribution in [-0.2, 0) is 6.54 Å². The summed E-state index contributed by atoms with van der Waals surface area (Å²) in [4.78, 5) is 4.50. The molecule has 0 bridgehead atoms. The van der Waals surface area contributed by atoms with Gasteiger partial charge in [-0.25, -0.2) is 0 Å². The van der Waals surface area contributed by atoms with Crippen LogP contribution in [0.4, 0.5) is 0 Å². The molecule has 1 aliphatic heterocycles. The van der Waals surface area contributed by atoms with E-state index in [1.807, 2.05) is 19.9 Å². The Bertz CT molecular complexity index is 587. The molecule has 2 aromatic rings. The van der Waals surface area contributed by atoms with Gasteiger partial charge in [0.25, 0.3) is 0 Å². The molecule has 5 nitrogen and oxygen atoms in total. The van der Waals surface area contributed by atoms with Crippen LogP contribution in [0.15, 0.2) is 12.1 Å². The topological polar surface area (TPSA) is 55.6 Å². The van der Waals surface area contributed by atoms with E-state index >= 15 is 0 Å². The van der Waals surface area contributed by atoms with Gasteiger partial charge >= 0.3 is 0 Å². The van der Waals surface area contributed by atoms with Gasteiger partial charge in [0.2, 0.25) is 0 Å². The Labute approximate surface area is 106 Å². The lowest BCUT2D eigenvalue weighted by atomic mass is 10.1. The summed E-state index contributed by atoms with van der Waals surface area (Å²) in [7, 11) is 0. The predicted octanol–water partition coefficient (Wildman–Crippen LogP) is 1.62. The molecule has 94 valence electrons. The van der Waals surface area contributed by atoms with Gasteiger partial charge in [0.15, 0.2) is 5.82 Å². The molecule has 0 saturated heterocycles. The number of hydrogen-bond acceptors (Lipinski definition) is 4. The fourth-order valence-electron chi connectivity index (χ4n) is 2.46. The molecule has 1 aliphatic rings. The number of aromatic nitrogens is 4. The minimum absolute atomic E-state index is 0.263. The second-order valence-electron chi connectivity index (χ2n) is 4.79. The molecule has 0 amide bonds. The highest BCUT2D eigenvalue weighted by molar-refractivity contribution is 5.58. The minimum atomic E-state index is 0.263. The van der Waals surface area contributed by atoms with Crippen molar-refractivity contribution >= 4 is 0 Å². The summed E-state index contributed by atoms with van der Waals surface area (Å²) >= 11 is 0. The van der Waals surface area contributed by atoms with Crippen molar-refractivity contribution in [3.05, 3.63) is 29.3 Å². The average Bonchev–Trinajstić information content (AvgIpc) is 2.74. The molecule has 5 heteroatoms. The van der Waals surface area contributed by atoms with Gasteiger partial charge in [-0.3, -0.25) is 4.98 Å². The number of pyridine rings is 1. The second kappa shape index (κ2) is 4.17. The third-order valence-corrected chi connectivity index (χ3v) is 3.42. The molecular formula is C13H17N5. The number of fused-ring (bicyclic) bond motifs is 1. The van der Waals surface area contributed by atoms with Crippen molar-refractivity contribution in [1.82, 2.24) is 25.1 Å². The van der Waals surface area contributed by atoms with Crippen molar-refractivity contribution in [2.24, 2.45) is 0 Å². The molecule has 2 aromatic heterocycles. The highest BCUT2D eigenvalue weighted by atomic mass is 15.3. The number of aryl methyl sites for hydroxylation is 2. The van der Waals surface area contributed by atoms with Crippen LogP contribution in [0.3, 0.4) is 0 Å². The van der Waals surface area contributed by atoms with Crippen LogP contribution in [0.5, 0.6) is 0 Å². The van der Waals surface area contributed by atoms with Crippen LogP contribution in [0.25, 0.3) is 11.4 Å². The number of nitrogens with one attached hydrogen (secondary N) is 1. The van der Waals surface area contributed by atoms with Gasteiger partial charge in [0.1, 0.15) is 5.82 Å². The first-order valence-corrected chi connectivity index (χ1v) is 6.28. The molecule has 3 heterocycles. The molecule has 1 atom stereocenters. The van der Waals surface area contributed by atoms with Crippen molar-refractivity contribution in [3.63, 3.8) is 0 Å². The van der Waals surface area contributed by atoms with E-state index in [1.165, 1.54) is 0 Å². The fraction of sp³-hybridized carbons (Fsp3) is 0.462. The first-order valence-electron chi connectivity index (χ1n) is 6.28. The minimum Gasteiger partial charge on any atom is -0.308 e. The summed E-state index contributed by atoms with van der Waals surface area (Å²) in [5.41, 5.74) is 3.12. The Hall–Kier alpha value is -1.75. The summed E-state index contributed by atoms with van der Waals surface area (Å²) in [6.07, 6.45) is 0. The van der Waals surface area contributed by atoms with Gasteiger partial charge in [-0.15, -0.1) is 10.2 Å². The number of rotatable bonds is 1. The fourth-order valence-corrected chi connectivity index (χ4v) is 2.46. The molecule has 0 radical (unpaired) electrons. The van der Waals surface area contributed by atoms with Gasteiger partial charge in [-0.05, 0) is 32.9 Å². The van der Waals surface area contributed by atoms with E-state index in [9.17, 15) is 0 Å². The van der Waals surface area contributed by atoms with Crippen LogP contribution in [0.2, 0.25) is 0 Å². The lowest BCUT2D eigenvalue weighted by molar-refractivity contribution is 0.439. The van der Waals surface area contributed by atoms with E-state index < -0.39 is 0 Å². The van der Waals surface area contributed by atoms with Gasteiger partial charge in [-0.2, -0.15) is 0 Å². The maximum atomic E-state index is 4.50. The Kier molecular flexibility index (Phi) is 2.63. The van der Waals surface area contributed by atoms with Crippen molar-refractivity contribution in [1.29, 1.82) is 0 Å². The Morgan fingerprint density at radius 2 is 2.11 bits per heavy atom. The second-order valence-corrected chi connectivity index (χ2v) is 4.79. The lowest BCUT2D eigenvalue weighted by Gasteiger charge is -2.22. The van der Waals surface area contributed by atoms with Crippen molar-refractivity contribution in [2.45, 2.75) is 33.4 Å². The molecule has 0 aromatic carbocycles. The zero-order valence-corrected chi connectivity index (χ0v) is 10.9. The van der Waals surface area contributed by atoms with Crippen molar-refractivity contribution in [2.75, 3.05) is 6.54 Å². The first-order chi connectivity index (χ1) is 8.66. The van der Waals surface area contributed by atoms with Gasteiger partial charge in [-0.1, -0.05) is 0 Å². The molecule has 0 fully saturated rings. The summed E-state index contributed by atoms with van der Waals surface area (Å²) in [6, 6.07) is 4.37. The molecule has 1 N–H and O–H groups in total. The van der Waals surface area contributed by atoms with Crippen molar-refractivity contribution < 1.29 is 0 Å². The van der Waals surface area contributed by atoms with E-state index in [-0.39, 0.29) is 6.04 Å². The van der Waals surface area contributed by atoms with Gasteiger partial charge in [0.05, 0.1) is 6.04 Å². The van der Waals surface area contributed by atoms with Gasteiger partial charge in [0, 0.05) is 30.0 Å². The Morgan fingerprint density at radius 1 is 1.28 bits per heavy atom. The highest BCUT2D eigenvalue weighted by Crippen LogP contribution is 2.25. The normalized spacial score (nSPS) is 18.7. The third-order valence-electron chi connectivity index (χ3n) is 3.42. The largest absolute Gasteiger partial charge is 0.308 e. The summed E-state index contributed by atoms with van der Waals surface area (Å²) < 4.78 is 2.19. The molecule has 0 spiro atoms. The highest BCUT2D eigenvalue weighted by Gasteiger charge is 2.22. The van der Waals surface area contributed by atoms with E-state index in [0.717, 1.165) is 41.7 Å². The SMILES string of the molecule is Cc1ccc(-c2nnc3n2CCNC3C)c(C)n1.